The Bertz CT molecular complexity index is 427. The topological polar surface area (TPSA) is 38.3 Å². The van der Waals surface area contributed by atoms with E-state index in [0.717, 1.165) is 10.6 Å². The monoisotopic (exact) mass is 239 g/mol. The number of hydrogen-bond donors (Lipinski definition) is 1. The molecule has 1 atom stereocenters. The number of benzene rings is 1. The first-order valence-corrected chi connectivity index (χ1v) is 5.48. The first kappa shape index (κ1) is 10.7. The molecule has 1 aromatic carbocycles. The number of anilines is 1. The Labute approximate surface area is 97.9 Å². The normalized spacial score (nSPS) is 18.1. The third kappa shape index (κ3) is 1.94. The molecule has 0 amide bonds. The number of ether oxygens (including phenoxy) is 1. The number of thioether (sulfide) groups is 1. The van der Waals surface area contributed by atoms with Crippen LogP contribution in [0.3, 0.4) is 0 Å². The summed E-state index contributed by atoms with van der Waals surface area (Å²) in [4.78, 5) is 12.2. The number of rotatable bonds is 1. The highest BCUT2D eigenvalue weighted by molar-refractivity contribution is 8.01. The van der Waals surface area contributed by atoms with Gasteiger partial charge in [-0.25, -0.2) is 4.79 Å². The van der Waals surface area contributed by atoms with Gasteiger partial charge in [0, 0.05) is 10.2 Å². The summed E-state index contributed by atoms with van der Waals surface area (Å²) in [6, 6.07) is 3.29. The number of methoxy groups -OCH3 is 1. The smallest absolute Gasteiger partial charge is 0.337 e. The minimum absolute atomic E-state index is 0.217. The van der Waals surface area contributed by atoms with E-state index in [-0.39, 0.29) is 5.27 Å². The van der Waals surface area contributed by atoms with Gasteiger partial charge in [0.2, 0.25) is 0 Å². The zero-order valence-corrected chi connectivity index (χ0v) is 9.48. The second-order valence-corrected chi connectivity index (χ2v) is 4.60. The Morgan fingerprint density at radius 2 is 2.40 bits per heavy atom. The fraction of sp³-hybridized carbons (Fsp3) is 0.222. The molecule has 0 fully saturated rings. The summed E-state index contributed by atoms with van der Waals surface area (Å²) in [5, 5.41) is 3.27. The first-order valence-electron chi connectivity index (χ1n) is 4.22. The van der Waals surface area contributed by atoms with Gasteiger partial charge in [0.1, 0.15) is 7.85 Å². The molecule has 0 saturated heterocycles. The first-order chi connectivity index (χ1) is 7.11. The van der Waals surface area contributed by atoms with Gasteiger partial charge < -0.3 is 10.1 Å². The zero-order chi connectivity index (χ0) is 11.0. The maximum absolute atomic E-state index is 11.3. The number of fused-ring (bicyclic) bond motifs is 1. The molecule has 0 aromatic heterocycles. The van der Waals surface area contributed by atoms with E-state index < -0.39 is 5.97 Å². The van der Waals surface area contributed by atoms with Crippen molar-refractivity contribution in [3.63, 3.8) is 0 Å². The number of halogens is 1. The summed E-state index contributed by atoms with van der Waals surface area (Å²) in [5.41, 5.74) is 1.21. The number of hydrogen-bond acceptors (Lipinski definition) is 4. The highest BCUT2D eigenvalue weighted by Crippen LogP contribution is 2.42. The van der Waals surface area contributed by atoms with Crippen LogP contribution in [0.15, 0.2) is 17.0 Å². The van der Waals surface area contributed by atoms with Crippen molar-refractivity contribution in [3.05, 3.63) is 22.7 Å². The van der Waals surface area contributed by atoms with Crippen molar-refractivity contribution < 1.29 is 9.53 Å². The molecule has 76 valence electrons. The molecule has 0 saturated carbocycles. The Kier molecular flexibility index (Phi) is 2.84. The van der Waals surface area contributed by atoms with Crippen molar-refractivity contribution in [2.24, 2.45) is 0 Å². The zero-order valence-electron chi connectivity index (χ0n) is 7.91. The van der Waals surface area contributed by atoms with Crippen molar-refractivity contribution in [2.75, 3.05) is 12.4 Å². The molecule has 0 spiro atoms. The van der Waals surface area contributed by atoms with Crippen LogP contribution in [0.1, 0.15) is 10.4 Å². The van der Waals surface area contributed by atoms with Gasteiger partial charge in [-0.3, -0.25) is 0 Å². The third-order valence-corrected chi connectivity index (χ3v) is 3.26. The van der Waals surface area contributed by atoms with Crippen molar-refractivity contribution in [2.45, 2.75) is 10.2 Å². The number of esters is 1. The molecule has 1 aliphatic heterocycles. The summed E-state index contributed by atoms with van der Waals surface area (Å²) >= 11 is 7.42. The molecule has 1 heterocycles. The lowest BCUT2D eigenvalue weighted by molar-refractivity contribution is 0.0600. The van der Waals surface area contributed by atoms with E-state index in [1.807, 2.05) is 0 Å². The van der Waals surface area contributed by atoms with Crippen LogP contribution in [0.4, 0.5) is 5.69 Å². The fourth-order valence-electron chi connectivity index (χ4n) is 1.36. The molecule has 2 radical (unpaired) electrons. The van der Waals surface area contributed by atoms with Crippen LogP contribution in [-0.2, 0) is 4.74 Å². The number of nitrogens with one attached hydrogen (secondary N) is 1. The highest BCUT2D eigenvalue weighted by atomic mass is 35.5. The van der Waals surface area contributed by atoms with Gasteiger partial charge in [0.25, 0.3) is 0 Å². The largest absolute Gasteiger partial charge is 0.465 e. The molecule has 0 aliphatic carbocycles. The predicted molar refractivity (Wildman–Crippen MR) is 61.8 cm³/mol. The van der Waals surface area contributed by atoms with E-state index in [2.05, 4.69) is 10.1 Å². The van der Waals surface area contributed by atoms with E-state index in [0.29, 0.717) is 10.6 Å². The molecular weight excluding hydrogens is 232 g/mol. The minimum Gasteiger partial charge on any atom is -0.465 e. The lowest BCUT2D eigenvalue weighted by Gasteiger charge is -2.05. The molecule has 2 rings (SSSR count). The maximum Gasteiger partial charge on any atom is 0.337 e. The number of carbonyl (C=O) groups excluding carboxylic acids is 1. The Morgan fingerprint density at radius 1 is 1.67 bits per heavy atom. The van der Waals surface area contributed by atoms with Crippen molar-refractivity contribution in [3.8, 4) is 0 Å². The van der Waals surface area contributed by atoms with Crippen LogP contribution >= 0.6 is 23.4 Å². The molecule has 1 N–H and O–H groups in total. The summed E-state index contributed by atoms with van der Waals surface area (Å²) < 4.78 is 4.62. The van der Waals surface area contributed by atoms with E-state index in [9.17, 15) is 4.79 Å². The molecule has 1 unspecified atom stereocenters. The maximum atomic E-state index is 11.3. The van der Waals surface area contributed by atoms with Crippen molar-refractivity contribution in [1.29, 1.82) is 0 Å². The fourth-order valence-corrected chi connectivity index (χ4v) is 2.62. The second-order valence-electron chi connectivity index (χ2n) is 3.01. The Morgan fingerprint density at radius 3 is 3.07 bits per heavy atom. The third-order valence-electron chi connectivity index (χ3n) is 2.02. The van der Waals surface area contributed by atoms with Crippen LogP contribution in [0, 0.1) is 0 Å². The summed E-state index contributed by atoms with van der Waals surface area (Å²) in [7, 11) is 7.02. The molecule has 15 heavy (non-hydrogen) atoms. The number of carbonyl (C=O) groups is 1. The quantitative estimate of drug-likeness (QED) is 0.602. The highest BCUT2D eigenvalue weighted by Gasteiger charge is 2.22. The standard InChI is InChI=1S/C9H7BClNO2S/c1-14-8(13)4-2-5(11)7-6(3-4)15-9(10)12-7/h2-3,9,12H,1H3. The van der Waals surface area contributed by atoms with Gasteiger partial charge in [-0.15, -0.1) is 11.8 Å². The van der Waals surface area contributed by atoms with Gasteiger partial charge in [0.05, 0.1) is 23.4 Å². The van der Waals surface area contributed by atoms with Crippen LogP contribution in [-0.4, -0.2) is 26.2 Å². The average Bonchev–Trinajstić information content (AvgIpc) is 2.58. The molecular formula is C9H7BClNO2S. The van der Waals surface area contributed by atoms with E-state index in [4.69, 9.17) is 19.4 Å². The lowest BCUT2D eigenvalue weighted by atomic mass is 10.1. The van der Waals surface area contributed by atoms with Gasteiger partial charge >= 0.3 is 5.97 Å². The summed E-state index contributed by atoms with van der Waals surface area (Å²) in [6.45, 7) is 0. The minimum atomic E-state index is -0.402. The van der Waals surface area contributed by atoms with Gasteiger partial charge in [-0.2, -0.15) is 0 Å². The van der Waals surface area contributed by atoms with Crippen LogP contribution < -0.4 is 5.32 Å². The average molecular weight is 239 g/mol. The van der Waals surface area contributed by atoms with Crippen LogP contribution in [0.2, 0.25) is 5.02 Å². The molecule has 0 bridgehead atoms. The molecule has 6 heteroatoms. The lowest BCUT2D eigenvalue weighted by Crippen LogP contribution is -2.08. The Hall–Kier alpha value is -0.805. The van der Waals surface area contributed by atoms with E-state index in [1.165, 1.54) is 18.9 Å². The van der Waals surface area contributed by atoms with E-state index >= 15 is 0 Å². The van der Waals surface area contributed by atoms with Gasteiger partial charge in [0.15, 0.2) is 0 Å². The Balaban J connectivity index is 2.44. The second kappa shape index (κ2) is 3.98. The predicted octanol–water partition coefficient (Wildman–Crippen LogP) is 2.10. The summed E-state index contributed by atoms with van der Waals surface area (Å²) in [6.07, 6.45) is 0. The van der Waals surface area contributed by atoms with Crippen molar-refractivity contribution in [1.82, 2.24) is 0 Å². The van der Waals surface area contributed by atoms with Gasteiger partial charge in [-0.05, 0) is 12.1 Å². The summed E-state index contributed by atoms with van der Waals surface area (Å²) in [5.74, 6) is -0.402. The van der Waals surface area contributed by atoms with Crippen LogP contribution in [0.5, 0.6) is 0 Å². The van der Waals surface area contributed by atoms with Crippen LogP contribution in [0.25, 0.3) is 0 Å². The molecule has 3 nitrogen and oxygen atoms in total. The molecule has 1 aromatic rings. The molecule has 1 aliphatic rings. The van der Waals surface area contributed by atoms with Crippen molar-refractivity contribution >= 4 is 42.9 Å². The van der Waals surface area contributed by atoms with Gasteiger partial charge in [-0.1, -0.05) is 11.6 Å². The SMILES string of the molecule is [B]C1Nc2c(Cl)cc(C(=O)OC)cc2S1. The van der Waals surface area contributed by atoms with E-state index in [1.54, 1.807) is 12.1 Å².